The lowest BCUT2D eigenvalue weighted by molar-refractivity contribution is -0.119. The topological polar surface area (TPSA) is 40.6 Å². The van der Waals surface area contributed by atoms with Gasteiger partial charge in [-0.3, -0.25) is 14.5 Å². The summed E-state index contributed by atoms with van der Waals surface area (Å²) in [5.41, 5.74) is 1.13. The molecule has 0 unspecified atom stereocenters. The van der Waals surface area contributed by atoms with Crippen LogP contribution in [0.2, 0.25) is 10.0 Å². The minimum Gasteiger partial charge on any atom is -0.304 e. The lowest BCUT2D eigenvalue weighted by Gasteiger charge is -2.40. The van der Waals surface area contributed by atoms with E-state index in [1.54, 1.807) is 49.4 Å². The minimum atomic E-state index is -0.993. The normalized spacial score (nSPS) is 15.8. The molecule has 1 aliphatic rings. The van der Waals surface area contributed by atoms with Gasteiger partial charge >= 0.3 is 0 Å². The van der Waals surface area contributed by atoms with Crippen LogP contribution in [0.3, 0.4) is 0 Å². The maximum Gasteiger partial charge on any atom is 0.262 e. The Hall–Kier alpha value is -2.96. The van der Waals surface area contributed by atoms with E-state index in [2.05, 4.69) is 0 Å². The molecule has 0 aromatic heterocycles. The third-order valence-corrected chi connectivity index (χ3v) is 5.91. The van der Waals surface area contributed by atoms with Crippen molar-refractivity contribution in [3.05, 3.63) is 93.5 Å². The van der Waals surface area contributed by atoms with E-state index in [1.165, 1.54) is 9.80 Å². The predicted octanol–water partition coefficient (Wildman–Crippen LogP) is 5.85. The molecule has 8 heteroatoms. The third kappa shape index (κ3) is 3.77. The summed E-state index contributed by atoms with van der Waals surface area (Å²) in [5, 5.41) is 0.828. The fourth-order valence-corrected chi connectivity index (χ4v) is 4.16. The summed E-state index contributed by atoms with van der Waals surface area (Å²) in [4.78, 5) is 29.2. The molecule has 31 heavy (non-hydrogen) atoms. The van der Waals surface area contributed by atoms with Crippen molar-refractivity contribution in [2.75, 3.05) is 9.80 Å². The summed E-state index contributed by atoms with van der Waals surface area (Å²) in [6.45, 7) is 1.66. The van der Waals surface area contributed by atoms with Crippen LogP contribution in [0.5, 0.6) is 0 Å². The molecule has 0 spiro atoms. The highest BCUT2D eigenvalue weighted by Gasteiger charge is 2.39. The first-order chi connectivity index (χ1) is 14.8. The van der Waals surface area contributed by atoms with E-state index in [1.807, 2.05) is 0 Å². The average Bonchev–Trinajstić information content (AvgIpc) is 2.73. The molecule has 0 saturated carbocycles. The van der Waals surface area contributed by atoms with Gasteiger partial charge in [0.2, 0.25) is 5.91 Å². The van der Waals surface area contributed by atoms with Crippen LogP contribution in [0.1, 0.15) is 22.8 Å². The molecule has 1 atom stereocenters. The Morgan fingerprint density at radius 2 is 1.61 bits per heavy atom. The Balaban J connectivity index is 1.79. The molecular formula is C23H16Cl2F2N2O2. The summed E-state index contributed by atoms with van der Waals surface area (Å²) >= 11 is 12.6. The molecule has 0 bridgehead atoms. The van der Waals surface area contributed by atoms with Gasteiger partial charge in [0.05, 0.1) is 23.5 Å². The van der Waals surface area contributed by atoms with Crippen LogP contribution < -0.4 is 9.80 Å². The van der Waals surface area contributed by atoms with Gasteiger partial charge in [0.1, 0.15) is 17.7 Å². The molecule has 2 amide bonds. The second kappa shape index (κ2) is 8.29. The highest BCUT2D eigenvalue weighted by Crippen LogP contribution is 2.39. The van der Waals surface area contributed by atoms with Gasteiger partial charge in [0, 0.05) is 21.7 Å². The molecule has 0 radical (unpaired) electrons. The highest BCUT2D eigenvalue weighted by molar-refractivity contribution is 6.36. The van der Waals surface area contributed by atoms with Gasteiger partial charge in [-0.15, -0.1) is 0 Å². The molecule has 0 saturated heterocycles. The minimum absolute atomic E-state index is 0.103. The van der Waals surface area contributed by atoms with E-state index in [-0.39, 0.29) is 18.0 Å². The third-order valence-electron chi connectivity index (χ3n) is 5.20. The molecule has 4 nitrogen and oxygen atoms in total. The maximum atomic E-state index is 14.3. The Labute approximate surface area is 187 Å². The maximum absolute atomic E-state index is 14.3. The molecule has 0 fully saturated rings. The molecule has 1 heterocycles. The quantitative estimate of drug-likeness (QED) is 0.491. The Bertz CT molecular complexity index is 1180. The molecule has 0 aliphatic carbocycles. The van der Waals surface area contributed by atoms with Crippen LogP contribution in [0.4, 0.5) is 20.2 Å². The zero-order chi connectivity index (χ0) is 22.3. The molecule has 158 valence electrons. The number of amides is 2. The number of halogens is 4. The molecule has 3 aromatic carbocycles. The average molecular weight is 461 g/mol. The molecule has 3 aromatic rings. The summed E-state index contributed by atoms with van der Waals surface area (Å²) in [6, 6.07) is 13.6. The first kappa shape index (κ1) is 21.3. The second-order valence-electron chi connectivity index (χ2n) is 7.09. The van der Waals surface area contributed by atoms with Gasteiger partial charge in [-0.05, 0) is 43.3 Å². The zero-order valence-corrected chi connectivity index (χ0v) is 17.8. The Morgan fingerprint density at radius 1 is 0.968 bits per heavy atom. The molecule has 0 N–H and O–H groups in total. The van der Waals surface area contributed by atoms with Crippen LogP contribution >= 0.6 is 23.2 Å². The number of hydrogen-bond acceptors (Lipinski definition) is 2. The SMILES string of the molecule is C[C@@H]1C(=O)N(Cc2c(Cl)cccc2Cl)c2ccccc2N1C(=O)c1ccc(F)cc1F. The zero-order valence-electron chi connectivity index (χ0n) is 16.3. The number of carbonyl (C=O) groups is 2. The van der Waals surface area contributed by atoms with Crippen LogP contribution in [0, 0.1) is 11.6 Å². The first-order valence-electron chi connectivity index (χ1n) is 9.41. The van der Waals surface area contributed by atoms with Gasteiger partial charge in [-0.25, -0.2) is 8.78 Å². The van der Waals surface area contributed by atoms with Crippen molar-refractivity contribution in [1.29, 1.82) is 0 Å². The van der Waals surface area contributed by atoms with Gasteiger partial charge in [0.15, 0.2) is 0 Å². The number of hydrogen-bond donors (Lipinski definition) is 0. The van der Waals surface area contributed by atoms with Crippen molar-refractivity contribution in [3.63, 3.8) is 0 Å². The fourth-order valence-electron chi connectivity index (χ4n) is 3.64. The van der Waals surface area contributed by atoms with Gasteiger partial charge in [-0.1, -0.05) is 41.4 Å². The van der Waals surface area contributed by atoms with Crippen molar-refractivity contribution in [3.8, 4) is 0 Å². The fraction of sp³-hybridized carbons (Fsp3) is 0.130. The first-order valence-corrected chi connectivity index (χ1v) is 10.2. The number of anilines is 2. The van der Waals surface area contributed by atoms with E-state index < -0.39 is 23.6 Å². The molecular weight excluding hydrogens is 445 g/mol. The largest absolute Gasteiger partial charge is 0.304 e. The second-order valence-corrected chi connectivity index (χ2v) is 7.90. The van der Waals surface area contributed by atoms with Gasteiger partial charge in [-0.2, -0.15) is 0 Å². The van der Waals surface area contributed by atoms with Crippen molar-refractivity contribution in [1.82, 2.24) is 0 Å². The van der Waals surface area contributed by atoms with E-state index in [4.69, 9.17) is 23.2 Å². The van der Waals surface area contributed by atoms with Crippen molar-refractivity contribution in [2.24, 2.45) is 0 Å². The molecule has 4 rings (SSSR count). The van der Waals surface area contributed by atoms with E-state index in [0.29, 0.717) is 33.0 Å². The smallest absolute Gasteiger partial charge is 0.262 e. The van der Waals surface area contributed by atoms with E-state index in [0.717, 1.165) is 12.1 Å². The lowest BCUT2D eigenvalue weighted by atomic mass is 10.0. The van der Waals surface area contributed by atoms with Crippen LogP contribution in [0.25, 0.3) is 0 Å². The summed E-state index contributed by atoms with van der Waals surface area (Å²) < 4.78 is 27.6. The number of benzene rings is 3. The van der Waals surface area contributed by atoms with E-state index >= 15 is 0 Å². The monoisotopic (exact) mass is 460 g/mol. The van der Waals surface area contributed by atoms with Gasteiger partial charge in [0.25, 0.3) is 5.91 Å². The summed E-state index contributed by atoms with van der Waals surface area (Å²) in [7, 11) is 0. The highest BCUT2D eigenvalue weighted by atomic mass is 35.5. The number of rotatable bonds is 3. The number of para-hydroxylation sites is 2. The summed E-state index contributed by atoms with van der Waals surface area (Å²) in [6.07, 6.45) is 0. The standard InChI is InChI=1S/C23H16Cl2F2N2O2/c1-13-22(30)28(12-16-17(24)5-4-6-18(16)25)20-7-2-3-8-21(20)29(13)23(31)15-10-9-14(26)11-19(15)27/h2-11,13H,12H2,1H3/t13-/m1/s1. The van der Waals surface area contributed by atoms with Crippen LogP contribution in [-0.4, -0.2) is 17.9 Å². The van der Waals surface area contributed by atoms with Crippen LogP contribution in [0.15, 0.2) is 60.7 Å². The lowest BCUT2D eigenvalue weighted by Crippen LogP contribution is -2.54. The van der Waals surface area contributed by atoms with Crippen molar-refractivity contribution in [2.45, 2.75) is 19.5 Å². The summed E-state index contributed by atoms with van der Waals surface area (Å²) in [5.74, 6) is -2.90. The van der Waals surface area contributed by atoms with Gasteiger partial charge < -0.3 is 4.90 Å². The number of carbonyl (C=O) groups excluding carboxylic acids is 2. The number of fused-ring (bicyclic) bond motifs is 1. The number of nitrogens with zero attached hydrogens (tertiary/aromatic N) is 2. The Kier molecular flexibility index (Phi) is 5.69. The van der Waals surface area contributed by atoms with Crippen molar-refractivity contribution >= 4 is 46.4 Å². The Morgan fingerprint density at radius 3 is 2.26 bits per heavy atom. The van der Waals surface area contributed by atoms with Crippen molar-refractivity contribution < 1.29 is 18.4 Å². The predicted molar refractivity (Wildman–Crippen MR) is 117 cm³/mol. The molecule has 1 aliphatic heterocycles. The van der Waals surface area contributed by atoms with Crippen LogP contribution in [-0.2, 0) is 11.3 Å². The van der Waals surface area contributed by atoms with E-state index in [9.17, 15) is 18.4 Å².